The molecule has 2 aromatic carbocycles. The predicted octanol–water partition coefficient (Wildman–Crippen LogP) is -0.0320. The minimum atomic E-state index is -3.75. The maximum absolute atomic E-state index is 12.9. The van der Waals surface area contributed by atoms with Crippen LogP contribution in [0.4, 0.5) is 0 Å². The van der Waals surface area contributed by atoms with Crippen LogP contribution in [-0.2, 0) is 26.6 Å². The molecule has 160 valence electrons. The van der Waals surface area contributed by atoms with Crippen molar-refractivity contribution in [2.45, 2.75) is 22.8 Å². The van der Waals surface area contributed by atoms with E-state index in [1.807, 2.05) is 30.3 Å². The fraction of sp³-hybridized carbons (Fsp3) is 0.350. The van der Waals surface area contributed by atoms with Crippen molar-refractivity contribution in [3.63, 3.8) is 0 Å². The Bertz CT molecular complexity index is 1090. The van der Waals surface area contributed by atoms with Gasteiger partial charge >= 0.3 is 0 Å². The molecule has 1 aliphatic rings. The Morgan fingerprint density at radius 1 is 0.933 bits per heavy atom. The highest BCUT2D eigenvalue weighted by molar-refractivity contribution is 7.89. The largest absolute Gasteiger partial charge is 0.332 e. The lowest BCUT2D eigenvalue weighted by atomic mass is 10.2. The summed E-state index contributed by atoms with van der Waals surface area (Å²) in [6, 6.07) is 16.6. The molecule has 0 atom stereocenters. The maximum Gasteiger partial charge on any atom is 0.243 e. The van der Waals surface area contributed by atoms with Gasteiger partial charge in [-0.05, 0) is 29.8 Å². The summed E-state index contributed by atoms with van der Waals surface area (Å²) < 4.78 is 54.7. The first kappa shape index (κ1) is 22.4. The average molecular weight is 450 g/mol. The number of hydrogen-bond acceptors (Lipinski definition) is 5. The van der Waals surface area contributed by atoms with E-state index in [1.165, 1.54) is 33.5 Å². The first-order valence-corrected chi connectivity index (χ1v) is 12.6. The summed E-state index contributed by atoms with van der Waals surface area (Å²) in [6.45, 7) is 2.92. The number of sulfonamides is 2. The summed E-state index contributed by atoms with van der Waals surface area (Å²) in [5.41, 5.74) is 0.830. The van der Waals surface area contributed by atoms with Gasteiger partial charge in [0.2, 0.25) is 20.0 Å². The van der Waals surface area contributed by atoms with Crippen molar-refractivity contribution in [1.29, 1.82) is 5.26 Å². The molecular formula is C20H25N4O4S2+. The first-order chi connectivity index (χ1) is 14.3. The molecule has 1 fully saturated rings. The maximum atomic E-state index is 12.9. The minimum absolute atomic E-state index is 0.0168. The van der Waals surface area contributed by atoms with Crippen molar-refractivity contribution in [2.75, 3.05) is 32.7 Å². The van der Waals surface area contributed by atoms with E-state index in [4.69, 9.17) is 5.26 Å². The van der Waals surface area contributed by atoms with Crippen LogP contribution in [0.3, 0.4) is 0 Å². The highest BCUT2D eigenvalue weighted by Crippen LogP contribution is 2.19. The number of hydrogen-bond donors (Lipinski definition) is 2. The van der Waals surface area contributed by atoms with Gasteiger partial charge in [0.25, 0.3) is 0 Å². The van der Waals surface area contributed by atoms with E-state index in [2.05, 4.69) is 10.8 Å². The molecule has 8 nitrogen and oxygen atoms in total. The molecule has 0 aromatic heterocycles. The van der Waals surface area contributed by atoms with Gasteiger partial charge in [-0.2, -0.15) is 9.57 Å². The van der Waals surface area contributed by atoms with E-state index < -0.39 is 20.0 Å². The van der Waals surface area contributed by atoms with Gasteiger partial charge in [0.15, 0.2) is 0 Å². The van der Waals surface area contributed by atoms with Crippen LogP contribution < -0.4 is 9.62 Å². The molecule has 0 bridgehead atoms. The normalized spacial score (nSPS) is 16.2. The van der Waals surface area contributed by atoms with E-state index in [0.717, 1.165) is 5.56 Å². The van der Waals surface area contributed by atoms with Crippen LogP contribution in [0.25, 0.3) is 0 Å². The van der Waals surface area contributed by atoms with Crippen LogP contribution in [0.1, 0.15) is 12.0 Å². The molecular weight excluding hydrogens is 424 g/mol. The molecule has 10 heteroatoms. The Kier molecular flexibility index (Phi) is 7.23. The predicted molar refractivity (Wildman–Crippen MR) is 111 cm³/mol. The van der Waals surface area contributed by atoms with Crippen molar-refractivity contribution < 1.29 is 21.7 Å². The van der Waals surface area contributed by atoms with E-state index >= 15 is 0 Å². The zero-order valence-corrected chi connectivity index (χ0v) is 18.1. The van der Waals surface area contributed by atoms with E-state index in [-0.39, 0.29) is 16.3 Å². The molecule has 0 amide bonds. The summed E-state index contributed by atoms with van der Waals surface area (Å²) >= 11 is 0. The van der Waals surface area contributed by atoms with Gasteiger partial charge in [-0.3, -0.25) is 0 Å². The van der Waals surface area contributed by atoms with Crippen molar-refractivity contribution in [2.24, 2.45) is 0 Å². The van der Waals surface area contributed by atoms with Gasteiger partial charge in [0.1, 0.15) is 0 Å². The fourth-order valence-corrected chi connectivity index (χ4v) is 5.78. The van der Waals surface area contributed by atoms with Crippen LogP contribution >= 0.6 is 0 Å². The third kappa shape index (κ3) is 5.44. The number of piperazine rings is 1. The van der Waals surface area contributed by atoms with E-state index in [0.29, 0.717) is 39.1 Å². The second-order valence-corrected chi connectivity index (χ2v) is 10.8. The van der Waals surface area contributed by atoms with Crippen LogP contribution in [-0.4, -0.2) is 53.9 Å². The van der Waals surface area contributed by atoms with Crippen LogP contribution in [0.2, 0.25) is 0 Å². The van der Waals surface area contributed by atoms with Crippen LogP contribution in [0.5, 0.6) is 0 Å². The Morgan fingerprint density at radius 3 is 2.13 bits per heavy atom. The highest BCUT2D eigenvalue weighted by atomic mass is 32.2. The molecule has 1 saturated heterocycles. The zero-order chi connectivity index (χ0) is 21.6. The number of nitrogens with one attached hydrogen (secondary N) is 2. The van der Waals surface area contributed by atoms with Crippen LogP contribution in [0.15, 0.2) is 64.4 Å². The number of quaternary nitrogens is 1. The number of nitrogens with zero attached hydrogens (tertiary/aromatic N) is 2. The minimum Gasteiger partial charge on any atom is -0.332 e. The third-order valence-corrected chi connectivity index (χ3v) is 8.43. The molecule has 1 aliphatic heterocycles. The van der Waals surface area contributed by atoms with Crippen molar-refractivity contribution in [3.8, 4) is 6.07 Å². The molecule has 0 spiro atoms. The van der Waals surface area contributed by atoms with Gasteiger partial charge < -0.3 is 4.90 Å². The van der Waals surface area contributed by atoms with Crippen molar-refractivity contribution >= 4 is 20.0 Å². The number of benzene rings is 2. The van der Waals surface area contributed by atoms with Crippen molar-refractivity contribution in [3.05, 3.63) is 60.2 Å². The summed E-state index contributed by atoms with van der Waals surface area (Å²) in [7, 11) is -7.43. The SMILES string of the molecule is N#CCC[NH+]1CCN(S(=O)(=O)c2ccc(S(=O)(=O)NCc3ccccc3)cc2)CC1. The number of rotatable bonds is 8. The van der Waals surface area contributed by atoms with Gasteiger partial charge in [-0.15, -0.1) is 0 Å². The summed E-state index contributed by atoms with van der Waals surface area (Å²) in [5.74, 6) is 0. The monoisotopic (exact) mass is 449 g/mol. The lowest BCUT2D eigenvalue weighted by molar-refractivity contribution is -0.903. The van der Waals surface area contributed by atoms with Gasteiger partial charge in [0.05, 0.1) is 55.0 Å². The molecule has 0 saturated carbocycles. The summed E-state index contributed by atoms with van der Waals surface area (Å²) in [4.78, 5) is 1.31. The molecule has 3 rings (SSSR count). The molecule has 2 aromatic rings. The van der Waals surface area contributed by atoms with E-state index in [1.54, 1.807) is 0 Å². The van der Waals surface area contributed by atoms with Gasteiger partial charge in [0, 0.05) is 6.54 Å². The standard InChI is InChI=1S/C20H24N4O4S2/c21-11-4-12-23-13-15-24(16-14-23)30(27,28)20-9-7-19(8-10-20)29(25,26)22-17-18-5-2-1-3-6-18/h1-3,5-10,22H,4,12-17H2/p+1. The van der Waals surface area contributed by atoms with Crippen LogP contribution in [0, 0.1) is 11.3 Å². The summed E-state index contributed by atoms with van der Waals surface area (Å²) in [5, 5.41) is 8.68. The molecule has 2 N–H and O–H groups in total. The fourth-order valence-electron chi connectivity index (χ4n) is 3.32. The Labute approximate surface area is 177 Å². The average Bonchev–Trinajstić information content (AvgIpc) is 2.77. The lowest BCUT2D eigenvalue weighted by Crippen LogP contribution is -3.14. The smallest absolute Gasteiger partial charge is 0.243 e. The zero-order valence-electron chi connectivity index (χ0n) is 16.5. The van der Waals surface area contributed by atoms with Gasteiger partial charge in [-0.25, -0.2) is 21.6 Å². The Balaban J connectivity index is 1.65. The molecule has 0 aliphatic carbocycles. The topological polar surface area (TPSA) is 112 Å². The molecule has 0 radical (unpaired) electrons. The Hall–Kier alpha value is -2.29. The van der Waals surface area contributed by atoms with Crippen molar-refractivity contribution in [1.82, 2.24) is 9.03 Å². The summed E-state index contributed by atoms with van der Waals surface area (Å²) in [6.07, 6.45) is 0.455. The first-order valence-electron chi connectivity index (χ1n) is 9.67. The second-order valence-electron chi connectivity index (χ2n) is 7.09. The third-order valence-electron chi connectivity index (χ3n) is 5.10. The quantitative estimate of drug-likeness (QED) is 0.588. The molecule has 1 heterocycles. The number of nitriles is 1. The van der Waals surface area contributed by atoms with Gasteiger partial charge in [-0.1, -0.05) is 30.3 Å². The van der Waals surface area contributed by atoms with E-state index in [9.17, 15) is 16.8 Å². The highest BCUT2D eigenvalue weighted by Gasteiger charge is 2.30. The second kappa shape index (κ2) is 9.68. The molecule has 0 unspecified atom stereocenters. The Morgan fingerprint density at radius 2 is 1.53 bits per heavy atom. The lowest BCUT2D eigenvalue weighted by Gasteiger charge is -2.31. The molecule has 30 heavy (non-hydrogen) atoms.